The number of pyridine rings is 2. The van der Waals surface area contributed by atoms with Gasteiger partial charge in [-0.3, -0.25) is 19.0 Å². The van der Waals surface area contributed by atoms with Crippen molar-refractivity contribution in [3.8, 4) is 11.1 Å². The monoisotopic (exact) mass is 704 g/mol. The number of nitrogens with zero attached hydrogens (tertiary/aromatic N) is 2. The van der Waals surface area contributed by atoms with Crippen LogP contribution >= 0.6 is 11.6 Å². The molecule has 3 aromatic heterocycles. The standard InChI is InChI=1S/C28H25ClN6O8S3/c1-44(38,39)32-19-5-3-6-20(15-19)46(42,43)34-28(37)26-25(21-7-4-11-31-27(21)36)22-14-18(29)8-9-23(22)35(26)16-17-10-12-30-24(13-17)33-45(2,40)41/h3-15,32H,16H2,1-2H3,(H,30,33)(H,31,36)(H,34,37). The average molecular weight is 705 g/mol. The molecule has 18 heteroatoms. The number of carbonyl (C=O) groups excluding carboxylic acids is 1. The molecule has 46 heavy (non-hydrogen) atoms. The Labute approximate surface area is 268 Å². The first-order chi connectivity index (χ1) is 21.5. The lowest BCUT2D eigenvalue weighted by Crippen LogP contribution is -2.33. The molecule has 0 aliphatic heterocycles. The predicted molar refractivity (Wildman–Crippen MR) is 174 cm³/mol. The fraction of sp³-hybridized carbons (Fsp3) is 0.107. The quantitative estimate of drug-likeness (QED) is 0.168. The van der Waals surface area contributed by atoms with E-state index in [1.807, 2.05) is 4.72 Å². The Balaban J connectivity index is 1.70. The van der Waals surface area contributed by atoms with Gasteiger partial charge in [-0.1, -0.05) is 17.7 Å². The Hall–Kier alpha value is -4.71. The summed E-state index contributed by atoms with van der Waals surface area (Å²) >= 11 is 6.33. The van der Waals surface area contributed by atoms with Gasteiger partial charge in [0.25, 0.3) is 21.5 Å². The van der Waals surface area contributed by atoms with Gasteiger partial charge in [0.15, 0.2) is 0 Å². The lowest BCUT2D eigenvalue weighted by Gasteiger charge is -2.14. The third-order valence-corrected chi connectivity index (χ3v) is 9.21. The van der Waals surface area contributed by atoms with E-state index in [0.717, 1.165) is 18.6 Å². The zero-order chi connectivity index (χ0) is 33.4. The molecule has 0 spiro atoms. The SMILES string of the molecule is CS(=O)(=O)Nc1cccc(S(=O)(=O)NC(=O)c2c(-c3ccc[nH]c3=O)c3cc(Cl)ccc3n2Cc2ccnc(NS(C)(=O)=O)c2)c1. The van der Waals surface area contributed by atoms with Gasteiger partial charge in [0.05, 0.1) is 17.4 Å². The van der Waals surface area contributed by atoms with Crippen LogP contribution in [0.1, 0.15) is 16.1 Å². The highest BCUT2D eigenvalue weighted by Crippen LogP contribution is 2.36. The minimum Gasteiger partial charge on any atom is -0.331 e. The highest BCUT2D eigenvalue weighted by Gasteiger charge is 2.29. The van der Waals surface area contributed by atoms with E-state index in [1.54, 1.807) is 18.2 Å². The molecule has 14 nitrogen and oxygen atoms in total. The summed E-state index contributed by atoms with van der Waals surface area (Å²) in [5.41, 5.74) is 0.165. The smallest absolute Gasteiger partial charge is 0.282 e. The van der Waals surface area contributed by atoms with Crippen molar-refractivity contribution in [3.63, 3.8) is 0 Å². The predicted octanol–water partition coefficient (Wildman–Crippen LogP) is 2.96. The number of nitrogens with one attached hydrogen (secondary N) is 4. The lowest BCUT2D eigenvalue weighted by atomic mass is 10.0. The molecule has 1 amide bonds. The third kappa shape index (κ3) is 7.39. The number of anilines is 2. The highest BCUT2D eigenvalue weighted by molar-refractivity contribution is 7.92. The highest BCUT2D eigenvalue weighted by atomic mass is 35.5. The maximum atomic E-state index is 14.1. The molecule has 0 aliphatic rings. The van der Waals surface area contributed by atoms with Crippen molar-refractivity contribution in [3.05, 3.63) is 106 Å². The summed E-state index contributed by atoms with van der Waals surface area (Å²) in [6, 6.07) is 15.6. The molecule has 0 fully saturated rings. The summed E-state index contributed by atoms with van der Waals surface area (Å²) in [5.74, 6) is -1.11. The maximum absolute atomic E-state index is 14.1. The first kappa shape index (κ1) is 32.7. The molecule has 5 rings (SSSR count). The van der Waals surface area contributed by atoms with E-state index in [1.165, 1.54) is 59.4 Å². The van der Waals surface area contributed by atoms with Gasteiger partial charge in [-0.15, -0.1) is 0 Å². The lowest BCUT2D eigenvalue weighted by molar-refractivity contribution is 0.0974. The number of amides is 1. The van der Waals surface area contributed by atoms with E-state index in [9.17, 15) is 34.8 Å². The van der Waals surface area contributed by atoms with Gasteiger partial charge in [-0.25, -0.2) is 35.0 Å². The van der Waals surface area contributed by atoms with E-state index >= 15 is 0 Å². The fourth-order valence-electron chi connectivity index (χ4n) is 4.79. The number of rotatable bonds is 10. The second-order valence-electron chi connectivity index (χ2n) is 10.1. The van der Waals surface area contributed by atoms with Crippen molar-refractivity contribution in [1.82, 2.24) is 19.3 Å². The Morgan fingerprint density at radius 2 is 1.65 bits per heavy atom. The van der Waals surface area contributed by atoms with Crippen LogP contribution in [0.5, 0.6) is 0 Å². The van der Waals surface area contributed by atoms with Crippen molar-refractivity contribution >= 4 is 70.0 Å². The molecule has 0 saturated heterocycles. The fourth-order valence-corrected chi connectivity index (χ4v) is 7.01. The number of hydrogen-bond donors (Lipinski definition) is 4. The molecule has 5 aromatic rings. The number of sulfonamides is 3. The second kappa shape index (κ2) is 12.2. The van der Waals surface area contributed by atoms with Crippen LogP contribution in [0.2, 0.25) is 5.02 Å². The minimum absolute atomic E-state index is 0.00963. The summed E-state index contributed by atoms with van der Waals surface area (Å²) in [6.45, 7) is -0.0968. The molecule has 0 aliphatic carbocycles. The molecule has 0 bridgehead atoms. The van der Waals surface area contributed by atoms with Crippen LogP contribution in [0, 0.1) is 0 Å². The zero-order valence-corrected chi connectivity index (χ0v) is 27.2. The van der Waals surface area contributed by atoms with Crippen molar-refractivity contribution in [2.24, 2.45) is 0 Å². The van der Waals surface area contributed by atoms with Crippen molar-refractivity contribution in [1.29, 1.82) is 0 Å². The summed E-state index contributed by atoms with van der Waals surface area (Å²) in [5, 5.41) is 0.631. The molecule has 3 heterocycles. The van der Waals surface area contributed by atoms with Crippen molar-refractivity contribution in [2.75, 3.05) is 22.0 Å². The molecule has 0 saturated carbocycles. The number of H-pyrrole nitrogens is 1. The van der Waals surface area contributed by atoms with E-state index in [2.05, 4.69) is 19.4 Å². The van der Waals surface area contributed by atoms with E-state index in [0.29, 0.717) is 16.5 Å². The van der Waals surface area contributed by atoms with Gasteiger partial charge < -0.3 is 9.55 Å². The molecule has 2 aromatic carbocycles. The summed E-state index contributed by atoms with van der Waals surface area (Å²) < 4.78 is 82.0. The van der Waals surface area contributed by atoms with Gasteiger partial charge in [-0.05, 0) is 66.2 Å². The van der Waals surface area contributed by atoms with E-state index in [4.69, 9.17) is 11.6 Å². The molecule has 4 N–H and O–H groups in total. The first-order valence-corrected chi connectivity index (χ1v) is 18.7. The number of aromatic nitrogens is 3. The molecular formula is C28H25ClN6O8S3. The Bertz CT molecular complexity index is 2410. The topological polar surface area (TPSA) is 206 Å². The molecule has 0 radical (unpaired) electrons. The largest absolute Gasteiger partial charge is 0.331 e. The number of halogens is 1. The number of carbonyl (C=O) groups is 1. The van der Waals surface area contributed by atoms with Crippen LogP contribution in [0.15, 0.2) is 88.8 Å². The summed E-state index contributed by atoms with van der Waals surface area (Å²) in [7, 11) is -12.0. The van der Waals surface area contributed by atoms with Crippen LogP contribution in [0.3, 0.4) is 0 Å². The van der Waals surface area contributed by atoms with Gasteiger partial charge in [0, 0.05) is 51.7 Å². The Kier molecular flexibility index (Phi) is 8.69. The van der Waals surface area contributed by atoms with Crippen LogP contribution in [-0.4, -0.2) is 58.2 Å². The van der Waals surface area contributed by atoms with E-state index in [-0.39, 0.29) is 39.9 Å². The minimum atomic E-state index is -4.60. The number of aromatic amines is 1. The summed E-state index contributed by atoms with van der Waals surface area (Å²) in [4.78, 5) is 33.3. The van der Waals surface area contributed by atoms with Crippen LogP contribution in [0.25, 0.3) is 22.0 Å². The van der Waals surface area contributed by atoms with E-state index < -0.39 is 46.4 Å². The number of fused-ring (bicyclic) bond motifs is 1. The van der Waals surface area contributed by atoms with Crippen LogP contribution in [0.4, 0.5) is 11.5 Å². The Morgan fingerprint density at radius 1 is 0.913 bits per heavy atom. The number of hydrogen-bond acceptors (Lipinski definition) is 9. The van der Waals surface area contributed by atoms with Gasteiger partial charge in [0.1, 0.15) is 11.5 Å². The van der Waals surface area contributed by atoms with Gasteiger partial charge >= 0.3 is 0 Å². The van der Waals surface area contributed by atoms with Gasteiger partial charge in [-0.2, -0.15) is 0 Å². The normalized spacial score (nSPS) is 12.2. The first-order valence-electron chi connectivity index (χ1n) is 13.1. The molecule has 0 unspecified atom stereocenters. The number of benzene rings is 2. The van der Waals surface area contributed by atoms with Crippen molar-refractivity contribution < 1.29 is 30.0 Å². The molecular weight excluding hydrogens is 680 g/mol. The molecule has 240 valence electrons. The summed E-state index contributed by atoms with van der Waals surface area (Å²) in [6.07, 6.45) is 4.61. The maximum Gasteiger partial charge on any atom is 0.282 e. The van der Waals surface area contributed by atoms with Gasteiger partial charge in [0.2, 0.25) is 20.0 Å². The zero-order valence-electron chi connectivity index (χ0n) is 24.0. The molecule has 0 atom stereocenters. The second-order valence-corrected chi connectivity index (χ2v) is 15.8. The average Bonchev–Trinajstić information content (AvgIpc) is 3.24. The third-order valence-electron chi connectivity index (χ3n) is 6.46. The van der Waals surface area contributed by atoms with Crippen molar-refractivity contribution in [2.45, 2.75) is 11.4 Å². The van der Waals surface area contributed by atoms with Crippen LogP contribution < -0.4 is 19.7 Å². The van der Waals surface area contributed by atoms with Crippen LogP contribution in [-0.2, 0) is 36.6 Å². The Morgan fingerprint density at radius 3 is 2.35 bits per heavy atom.